The van der Waals surface area contributed by atoms with Crippen molar-refractivity contribution in [3.8, 4) is 0 Å². The van der Waals surface area contributed by atoms with Gasteiger partial charge in [-0.1, -0.05) is 24.3 Å². The highest BCUT2D eigenvalue weighted by Crippen LogP contribution is 2.33. The summed E-state index contributed by atoms with van der Waals surface area (Å²) in [6.07, 6.45) is -4.72. The average Bonchev–Trinajstić information content (AvgIpc) is 2.42. The summed E-state index contributed by atoms with van der Waals surface area (Å²) in [6, 6.07) is 7.77. The second-order valence-electron chi connectivity index (χ2n) is 4.50. The number of halogens is 6. The van der Waals surface area contributed by atoms with E-state index in [2.05, 4.69) is 0 Å². The molecule has 2 aromatic carbocycles. The van der Waals surface area contributed by atoms with Crippen molar-refractivity contribution >= 4 is 11.6 Å². The van der Waals surface area contributed by atoms with Crippen molar-refractivity contribution in [3.63, 3.8) is 0 Å². The van der Waals surface area contributed by atoms with E-state index in [4.69, 9.17) is 11.6 Å². The van der Waals surface area contributed by atoms with E-state index in [0.717, 1.165) is 24.3 Å². The third kappa shape index (κ3) is 3.73. The van der Waals surface area contributed by atoms with Crippen LogP contribution < -0.4 is 0 Å². The third-order valence-corrected chi connectivity index (χ3v) is 3.43. The van der Waals surface area contributed by atoms with Crippen LogP contribution in [0.1, 0.15) is 22.1 Å². The van der Waals surface area contributed by atoms with Gasteiger partial charge in [0.25, 0.3) is 0 Å². The lowest BCUT2D eigenvalue weighted by Crippen LogP contribution is -2.07. The number of benzene rings is 2. The standard InChI is InChI=1S/C15H10ClF5/c16-12(8-11-13(17)5-2-6-14(11)18)9-3-1-4-10(7-9)15(19,20)21/h1-7,12H,8H2. The summed E-state index contributed by atoms with van der Waals surface area (Å²) in [5.74, 6) is -1.54. The highest BCUT2D eigenvalue weighted by Gasteiger charge is 2.31. The lowest BCUT2D eigenvalue weighted by atomic mass is 10.0. The summed E-state index contributed by atoms with van der Waals surface area (Å²) < 4.78 is 64.9. The molecule has 0 heterocycles. The minimum atomic E-state index is -4.49. The zero-order valence-electron chi connectivity index (χ0n) is 10.6. The molecule has 2 rings (SSSR count). The summed E-state index contributed by atoms with van der Waals surface area (Å²) in [7, 11) is 0. The highest BCUT2D eigenvalue weighted by molar-refractivity contribution is 6.20. The van der Waals surface area contributed by atoms with Crippen LogP contribution in [0.25, 0.3) is 0 Å². The summed E-state index contributed by atoms with van der Waals surface area (Å²) in [6.45, 7) is 0. The van der Waals surface area contributed by atoms with Gasteiger partial charge in [0.1, 0.15) is 11.6 Å². The van der Waals surface area contributed by atoms with Crippen molar-refractivity contribution in [3.05, 3.63) is 70.8 Å². The first kappa shape index (κ1) is 15.8. The predicted molar refractivity (Wildman–Crippen MR) is 70.1 cm³/mol. The summed E-state index contributed by atoms with van der Waals surface area (Å²) >= 11 is 6.01. The molecule has 0 aliphatic heterocycles. The maximum atomic E-state index is 13.5. The lowest BCUT2D eigenvalue weighted by molar-refractivity contribution is -0.137. The maximum Gasteiger partial charge on any atom is 0.416 e. The van der Waals surface area contributed by atoms with E-state index in [1.165, 1.54) is 18.2 Å². The molecule has 0 nitrogen and oxygen atoms in total. The van der Waals surface area contributed by atoms with Crippen LogP contribution in [-0.2, 0) is 12.6 Å². The van der Waals surface area contributed by atoms with Gasteiger partial charge >= 0.3 is 6.18 Å². The molecule has 0 bridgehead atoms. The Morgan fingerprint density at radius 2 is 1.52 bits per heavy atom. The maximum absolute atomic E-state index is 13.5. The minimum Gasteiger partial charge on any atom is -0.207 e. The van der Waals surface area contributed by atoms with Crippen molar-refractivity contribution in [1.82, 2.24) is 0 Å². The largest absolute Gasteiger partial charge is 0.416 e. The van der Waals surface area contributed by atoms with Crippen molar-refractivity contribution in [1.29, 1.82) is 0 Å². The number of hydrogen-bond acceptors (Lipinski definition) is 0. The highest BCUT2D eigenvalue weighted by atomic mass is 35.5. The monoisotopic (exact) mass is 320 g/mol. The molecule has 0 amide bonds. The van der Waals surface area contributed by atoms with Crippen LogP contribution in [0.3, 0.4) is 0 Å². The first-order valence-corrected chi connectivity index (χ1v) is 6.47. The van der Waals surface area contributed by atoms with E-state index in [-0.39, 0.29) is 17.5 Å². The molecule has 6 heteroatoms. The van der Waals surface area contributed by atoms with Gasteiger partial charge in [-0.2, -0.15) is 13.2 Å². The molecule has 0 N–H and O–H groups in total. The molecule has 0 aliphatic rings. The smallest absolute Gasteiger partial charge is 0.207 e. The molecule has 0 fully saturated rings. The first-order valence-electron chi connectivity index (χ1n) is 6.03. The molecule has 0 aromatic heterocycles. The fraction of sp³-hybridized carbons (Fsp3) is 0.200. The molecule has 112 valence electrons. The molecule has 2 aromatic rings. The normalized spacial score (nSPS) is 13.2. The summed E-state index contributed by atoms with van der Waals surface area (Å²) in [5.41, 5.74) is -0.927. The molecule has 0 aliphatic carbocycles. The van der Waals surface area contributed by atoms with E-state index in [0.29, 0.717) is 0 Å². The van der Waals surface area contributed by atoms with Gasteiger partial charge in [-0.15, -0.1) is 11.6 Å². The molecule has 0 saturated carbocycles. The van der Waals surface area contributed by atoms with E-state index in [1.54, 1.807) is 0 Å². The van der Waals surface area contributed by atoms with Crippen LogP contribution in [0, 0.1) is 11.6 Å². The Balaban J connectivity index is 2.27. The zero-order chi connectivity index (χ0) is 15.6. The number of rotatable bonds is 3. The number of alkyl halides is 4. The average molecular weight is 321 g/mol. The van der Waals surface area contributed by atoms with Gasteiger partial charge in [-0.3, -0.25) is 0 Å². The molecular formula is C15H10ClF5. The van der Waals surface area contributed by atoms with E-state index >= 15 is 0 Å². The van der Waals surface area contributed by atoms with Crippen molar-refractivity contribution in [2.45, 2.75) is 18.0 Å². The van der Waals surface area contributed by atoms with Gasteiger partial charge in [0, 0.05) is 5.56 Å². The van der Waals surface area contributed by atoms with Crippen LogP contribution in [0.5, 0.6) is 0 Å². The second kappa shape index (κ2) is 6.02. The van der Waals surface area contributed by atoms with Crippen LogP contribution in [0.4, 0.5) is 22.0 Å². The molecule has 0 radical (unpaired) electrons. The van der Waals surface area contributed by atoms with Crippen LogP contribution in [0.15, 0.2) is 42.5 Å². The molecule has 21 heavy (non-hydrogen) atoms. The van der Waals surface area contributed by atoms with E-state index in [9.17, 15) is 22.0 Å². The summed E-state index contributed by atoms with van der Waals surface area (Å²) in [4.78, 5) is 0. The van der Waals surface area contributed by atoms with Gasteiger partial charge < -0.3 is 0 Å². The third-order valence-electron chi connectivity index (χ3n) is 3.02. The SMILES string of the molecule is Fc1cccc(F)c1CC(Cl)c1cccc(C(F)(F)F)c1. The Morgan fingerprint density at radius 3 is 2.10 bits per heavy atom. The molecule has 0 spiro atoms. The van der Waals surface area contributed by atoms with Crippen LogP contribution >= 0.6 is 11.6 Å². The van der Waals surface area contributed by atoms with Gasteiger partial charge in [0.2, 0.25) is 0 Å². The van der Waals surface area contributed by atoms with Crippen molar-refractivity contribution in [2.75, 3.05) is 0 Å². The van der Waals surface area contributed by atoms with Crippen LogP contribution in [0.2, 0.25) is 0 Å². The molecular weight excluding hydrogens is 311 g/mol. The Bertz CT molecular complexity index is 616. The zero-order valence-corrected chi connectivity index (χ0v) is 11.3. The van der Waals surface area contributed by atoms with Gasteiger partial charge in [0.15, 0.2) is 0 Å². The molecule has 1 unspecified atom stereocenters. The van der Waals surface area contributed by atoms with Crippen LogP contribution in [-0.4, -0.2) is 0 Å². The van der Waals surface area contributed by atoms with Gasteiger partial charge in [-0.25, -0.2) is 8.78 Å². The lowest BCUT2D eigenvalue weighted by Gasteiger charge is -2.14. The molecule has 0 saturated heterocycles. The van der Waals surface area contributed by atoms with Gasteiger partial charge in [0.05, 0.1) is 10.9 Å². The number of hydrogen-bond donors (Lipinski definition) is 0. The topological polar surface area (TPSA) is 0 Å². The Hall–Kier alpha value is -1.62. The van der Waals surface area contributed by atoms with E-state index < -0.39 is 28.8 Å². The Kier molecular flexibility index (Phi) is 4.52. The fourth-order valence-electron chi connectivity index (χ4n) is 1.93. The Morgan fingerprint density at radius 1 is 0.952 bits per heavy atom. The summed E-state index contributed by atoms with van der Waals surface area (Å²) in [5, 5.41) is -0.960. The quantitative estimate of drug-likeness (QED) is 0.517. The van der Waals surface area contributed by atoms with Crippen molar-refractivity contribution in [2.24, 2.45) is 0 Å². The minimum absolute atomic E-state index is 0.161. The van der Waals surface area contributed by atoms with Gasteiger partial charge in [-0.05, 0) is 30.2 Å². The molecule has 1 atom stereocenters. The predicted octanol–water partition coefficient (Wildman–Crippen LogP) is 5.51. The van der Waals surface area contributed by atoms with E-state index in [1.807, 2.05) is 0 Å². The first-order chi connectivity index (χ1) is 9.79. The van der Waals surface area contributed by atoms with Crippen molar-refractivity contribution < 1.29 is 22.0 Å². The second-order valence-corrected chi connectivity index (χ2v) is 5.02. The fourth-order valence-corrected chi connectivity index (χ4v) is 2.22. The Labute approximate surface area is 123 Å².